The second-order valence-electron chi connectivity index (χ2n) is 4.31. The zero-order valence-electron chi connectivity index (χ0n) is 8.89. The Hall–Kier alpha value is -1.27. The molecule has 1 heterocycles. The third kappa shape index (κ3) is 2.60. The predicted octanol–water partition coefficient (Wildman–Crippen LogP) is 2.20. The van der Waals surface area contributed by atoms with Crippen LogP contribution in [0.1, 0.15) is 37.3 Å². The lowest BCUT2D eigenvalue weighted by Gasteiger charge is -2.07. The van der Waals surface area contributed by atoms with Crippen molar-refractivity contribution in [2.45, 2.75) is 38.3 Å². The highest BCUT2D eigenvalue weighted by Crippen LogP contribution is 2.39. The molecule has 1 fully saturated rings. The molecule has 2 rings (SSSR count). The van der Waals surface area contributed by atoms with E-state index in [2.05, 4.69) is 29.1 Å². The van der Waals surface area contributed by atoms with Crippen molar-refractivity contribution in [3.8, 4) is 6.07 Å². The monoisotopic (exact) mass is 203 g/mol. The van der Waals surface area contributed by atoms with Crippen LogP contribution >= 0.6 is 0 Å². The molecule has 1 aromatic heterocycles. The summed E-state index contributed by atoms with van der Waals surface area (Å²) < 4.78 is 2.13. The Labute approximate surface area is 90.5 Å². The van der Waals surface area contributed by atoms with Gasteiger partial charge in [-0.2, -0.15) is 5.26 Å². The molecule has 1 aromatic rings. The van der Waals surface area contributed by atoms with Gasteiger partial charge in [0.15, 0.2) is 0 Å². The molecule has 3 heteroatoms. The highest BCUT2D eigenvalue weighted by molar-refractivity contribution is 5.17. The summed E-state index contributed by atoms with van der Waals surface area (Å²) in [5, 5.41) is 8.44. The molecular weight excluding hydrogens is 186 g/mol. The van der Waals surface area contributed by atoms with Crippen LogP contribution in [-0.2, 0) is 6.54 Å². The number of rotatable bonds is 5. The summed E-state index contributed by atoms with van der Waals surface area (Å²) in [4.78, 5) is 0. The van der Waals surface area contributed by atoms with Gasteiger partial charge in [-0.15, -0.1) is 0 Å². The van der Waals surface area contributed by atoms with Crippen molar-refractivity contribution in [2.75, 3.05) is 0 Å². The van der Waals surface area contributed by atoms with Gasteiger partial charge in [-0.05, 0) is 36.8 Å². The molecule has 1 aliphatic carbocycles. The largest absolute Gasteiger partial charge is 0.354 e. The number of aromatic nitrogens is 1. The topological polar surface area (TPSA) is 54.7 Å². The Balaban J connectivity index is 1.89. The standard InChI is InChI=1S/C12H17N3/c13-6-1-2-7-15-8-5-11(9-15)12(14)10-3-4-10/h5,8-10,12H,1-4,7,14H2. The first kappa shape index (κ1) is 10.3. The first-order chi connectivity index (χ1) is 7.31. The molecule has 1 atom stereocenters. The molecule has 0 bridgehead atoms. The van der Waals surface area contributed by atoms with E-state index >= 15 is 0 Å². The predicted molar refractivity (Wildman–Crippen MR) is 58.9 cm³/mol. The summed E-state index contributed by atoms with van der Waals surface area (Å²) >= 11 is 0. The lowest BCUT2D eigenvalue weighted by Crippen LogP contribution is -2.11. The van der Waals surface area contributed by atoms with E-state index in [-0.39, 0.29) is 6.04 Å². The quantitative estimate of drug-likeness (QED) is 0.746. The van der Waals surface area contributed by atoms with Crippen LogP contribution in [0, 0.1) is 17.2 Å². The second kappa shape index (κ2) is 4.50. The number of nitriles is 1. The lowest BCUT2D eigenvalue weighted by atomic mass is 10.1. The summed E-state index contributed by atoms with van der Waals surface area (Å²) in [7, 11) is 0. The zero-order valence-corrected chi connectivity index (χ0v) is 8.89. The highest BCUT2D eigenvalue weighted by atomic mass is 14.9. The molecule has 0 amide bonds. The van der Waals surface area contributed by atoms with E-state index in [4.69, 9.17) is 11.0 Å². The maximum atomic E-state index is 8.44. The van der Waals surface area contributed by atoms with Gasteiger partial charge in [0.2, 0.25) is 0 Å². The van der Waals surface area contributed by atoms with Crippen LogP contribution in [0.15, 0.2) is 18.5 Å². The minimum absolute atomic E-state index is 0.224. The number of hydrogen-bond donors (Lipinski definition) is 1. The van der Waals surface area contributed by atoms with Crippen molar-refractivity contribution in [1.29, 1.82) is 5.26 Å². The normalized spacial score (nSPS) is 17.3. The van der Waals surface area contributed by atoms with E-state index in [9.17, 15) is 0 Å². The molecule has 1 unspecified atom stereocenters. The number of aryl methyl sites for hydroxylation is 1. The fourth-order valence-electron chi connectivity index (χ4n) is 1.86. The first-order valence-corrected chi connectivity index (χ1v) is 5.59. The van der Waals surface area contributed by atoms with Gasteiger partial charge in [0.1, 0.15) is 0 Å². The van der Waals surface area contributed by atoms with Gasteiger partial charge in [0.05, 0.1) is 6.07 Å². The molecule has 1 aliphatic rings. The summed E-state index contributed by atoms with van der Waals surface area (Å²) in [5.41, 5.74) is 7.35. The van der Waals surface area contributed by atoms with Crippen LogP contribution < -0.4 is 5.73 Å². The highest BCUT2D eigenvalue weighted by Gasteiger charge is 2.29. The molecule has 80 valence electrons. The Morgan fingerprint density at radius 3 is 3.07 bits per heavy atom. The maximum Gasteiger partial charge on any atom is 0.0622 e. The van der Waals surface area contributed by atoms with Crippen molar-refractivity contribution in [1.82, 2.24) is 4.57 Å². The van der Waals surface area contributed by atoms with Crippen molar-refractivity contribution in [3.05, 3.63) is 24.0 Å². The SMILES string of the molecule is N#CCCCn1ccc(C(N)C2CC2)c1. The number of nitrogens with zero attached hydrogens (tertiary/aromatic N) is 2. The minimum Gasteiger partial charge on any atom is -0.354 e. The van der Waals surface area contributed by atoms with Gasteiger partial charge < -0.3 is 10.3 Å². The summed E-state index contributed by atoms with van der Waals surface area (Å²) in [6.07, 6.45) is 8.29. The molecule has 2 N–H and O–H groups in total. The van der Waals surface area contributed by atoms with Crippen molar-refractivity contribution >= 4 is 0 Å². The Morgan fingerprint density at radius 1 is 1.60 bits per heavy atom. The molecule has 0 aromatic carbocycles. The number of nitrogens with two attached hydrogens (primary N) is 1. The number of hydrogen-bond acceptors (Lipinski definition) is 2. The molecule has 0 radical (unpaired) electrons. The lowest BCUT2D eigenvalue weighted by molar-refractivity contribution is 0.620. The van der Waals surface area contributed by atoms with E-state index in [0.717, 1.165) is 13.0 Å². The van der Waals surface area contributed by atoms with Crippen LogP contribution in [0.4, 0.5) is 0 Å². The average molecular weight is 203 g/mol. The van der Waals surface area contributed by atoms with Gasteiger partial charge in [-0.1, -0.05) is 0 Å². The van der Waals surface area contributed by atoms with E-state index in [1.165, 1.54) is 18.4 Å². The van der Waals surface area contributed by atoms with Crippen LogP contribution in [0.5, 0.6) is 0 Å². The van der Waals surface area contributed by atoms with Gasteiger partial charge in [-0.3, -0.25) is 0 Å². The Kier molecular flexibility index (Phi) is 3.08. The van der Waals surface area contributed by atoms with Crippen molar-refractivity contribution < 1.29 is 0 Å². The molecule has 1 saturated carbocycles. The minimum atomic E-state index is 0.224. The summed E-state index contributed by atoms with van der Waals surface area (Å²) in [6.45, 7) is 0.922. The third-order valence-electron chi connectivity index (χ3n) is 2.99. The molecule has 15 heavy (non-hydrogen) atoms. The van der Waals surface area contributed by atoms with Gasteiger partial charge in [0, 0.05) is 31.4 Å². The number of unbranched alkanes of at least 4 members (excludes halogenated alkanes) is 1. The first-order valence-electron chi connectivity index (χ1n) is 5.59. The van der Waals surface area contributed by atoms with Crippen LogP contribution in [0.3, 0.4) is 0 Å². The van der Waals surface area contributed by atoms with E-state index in [1.807, 2.05) is 0 Å². The van der Waals surface area contributed by atoms with Gasteiger partial charge >= 0.3 is 0 Å². The van der Waals surface area contributed by atoms with E-state index in [0.29, 0.717) is 12.3 Å². The van der Waals surface area contributed by atoms with Gasteiger partial charge in [-0.25, -0.2) is 0 Å². The van der Waals surface area contributed by atoms with Crippen LogP contribution in [-0.4, -0.2) is 4.57 Å². The van der Waals surface area contributed by atoms with Crippen LogP contribution in [0.25, 0.3) is 0 Å². The fourth-order valence-corrected chi connectivity index (χ4v) is 1.86. The third-order valence-corrected chi connectivity index (χ3v) is 2.99. The average Bonchev–Trinajstić information content (AvgIpc) is 2.98. The van der Waals surface area contributed by atoms with Gasteiger partial charge in [0.25, 0.3) is 0 Å². The van der Waals surface area contributed by atoms with Crippen molar-refractivity contribution in [3.63, 3.8) is 0 Å². The fraction of sp³-hybridized carbons (Fsp3) is 0.583. The molecule has 0 saturated heterocycles. The molecule has 0 aliphatic heterocycles. The summed E-state index contributed by atoms with van der Waals surface area (Å²) in [6, 6.07) is 4.49. The zero-order chi connectivity index (χ0) is 10.7. The second-order valence-corrected chi connectivity index (χ2v) is 4.31. The maximum absolute atomic E-state index is 8.44. The molecular formula is C12H17N3. The van der Waals surface area contributed by atoms with E-state index < -0.39 is 0 Å². The molecule has 0 spiro atoms. The summed E-state index contributed by atoms with van der Waals surface area (Å²) in [5.74, 6) is 0.708. The van der Waals surface area contributed by atoms with E-state index in [1.54, 1.807) is 0 Å². The van der Waals surface area contributed by atoms with Crippen LogP contribution in [0.2, 0.25) is 0 Å². The van der Waals surface area contributed by atoms with Crippen molar-refractivity contribution in [2.24, 2.45) is 11.7 Å². The molecule has 3 nitrogen and oxygen atoms in total. The smallest absolute Gasteiger partial charge is 0.0622 e. The Bertz CT molecular complexity index is 357. The Morgan fingerprint density at radius 2 is 2.40 bits per heavy atom.